The molecular weight excluding hydrogens is 508 g/mol. The fourth-order valence-electron chi connectivity index (χ4n) is 2.03. The molecule has 2 rings (SSSR count). The third-order valence-corrected chi connectivity index (χ3v) is 4.26. The van der Waals surface area contributed by atoms with Crippen LogP contribution >= 0.6 is 35.3 Å². The number of thiazole rings is 1. The van der Waals surface area contributed by atoms with Crippen molar-refractivity contribution in [2.75, 3.05) is 27.4 Å². The molecule has 2 N–H and O–H groups in total. The summed E-state index contributed by atoms with van der Waals surface area (Å²) in [5, 5.41) is 7.38. The van der Waals surface area contributed by atoms with E-state index in [2.05, 4.69) is 20.6 Å². The maximum atomic E-state index is 12.6. The molecule has 0 unspecified atom stereocenters. The smallest absolute Gasteiger partial charge is 0.434 e. The van der Waals surface area contributed by atoms with E-state index in [-0.39, 0.29) is 30.5 Å². The molecule has 0 aliphatic carbocycles. The van der Waals surface area contributed by atoms with Gasteiger partial charge in [0.05, 0.1) is 13.2 Å². The largest absolute Gasteiger partial charge is 0.491 e. The van der Waals surface area contributed by atoms with Gasteiger partial charge >= 0.3 is 6.18 Å². The zero-order valence-corrected chi connectivity index (χ0v) is 18.5. The Morgan fingerprint density at radius 2 is 1.82 bits per heavy atom. The number of hydrogen-bond donors (Lipinski definition) is 2. The molecular formula is C17H22F3IN4O2S. The van der Waals surface area contributed by atoms with E-state index in [4.69, 9.17) is 9.47 Å². The number of nitrogens with zero attached hydrogens (tertiary/aromatic N) is 2. The van der Waals surface area contributed by atoms with Gasteiger partial charge in [-0.15, -0.1) is 35.3 Å². The summed E-state index contributed by atoms with van der Waals surface area (Å²) >= 11 is 0.954. The molecule has 0 aliphatic heterocycles. The van der Waals surface area contributed by atoms with E-state index >= 15 is 0 Å². The lowest BCUT2D eigenvalue weighted by molar-refractivity contribution is -0.140. The Hall–Kier alpha value is -1.60. The van der Waals surface area contributed by atoms with E-state index in [1.807, 2.05) is 24.3 Å². The predicted molar refractivity (Wildman–Crippen MR) is 113 cm³/mol. The lowest BCUT2D eigenvalue weighted by atomic mass is 10.2. The molecule has 0 amide bonds. The highest BCUT2D eigenvalue weighted by molar-refractivity contribution is 14.0. The number of ether oxygens (including phenoxy) is 2. The quantitative estimate of drug-likeness (QED) is 0.236. The number of halogens is 4. The second-order valence-corrected chi connectivity index (χ2v) is 6.33. The number of nitrogens with one attached hydrogen (secondary N) is 2. The van der Waals surface area contributed by atoms with Crippen molar-refractivity contribution in [2.24, 2.45) is 4.99 Å². The molecule has 0 saturated heterocycles. The molecule has 0 aliphatic rings. The molecule has 11 heteroatoms. The minimum atomic E-state index is -4.42. The molecule has 28 heavy (non-hydrogen) atoms. The molecule has 6 nitrogen and oxygen atoms in total. The van der Waals surface area contributed by atoms with Gasteiger partial charge in [-0.25, -0.2) is 4.98 Å². The molecule has 1 aromatic heterocycles. The van der Waals surface area contributed by atoms with Gasteiger partial charge in [-0.05, 0) is 17.7 Å². The van der Waals surface area contributed by atoms with Gasteiger partial charge in [-0.2, -0.15) is 13.2 Å². The lowest BCUT2D eigenvalue weighted by Gasteiger charge is -2.11. The summed E-state index contributed by atoms with van der Waals surface area (Å²) in [5.41, 5.74) is 0.130. The number of methoxy groups -OCH3 is 1. The highest BCUT2D eigenvalue weighted by atomic mass is 127. The summed E-state index contributed by atoms with van der Waals surface area (Å²) in [5.74, 6) is 1.22. The van der Waals surface area contributed by atoms with Crippen LogP contribution < -0.4 is 15.4 Å². The topological polar surface area (TPSA) is 67.8 Å². The highest BCUT2D eigenvalue weighted by Crippen LogP contribution is 2.29. The number of aliphatic imine (C=N–C) groups is 1. The molecule has 1 aromatic carbocycles. The van der Waals surface area contributed by atoms with Crippen molar-refractivity contribution in [3.63, 3.8) is 0 Å². The number of alkyl halides is 3. The van der Waals surface area contributed by atoms with E-state index in [0.29, 0.717) is 30.7 Å². The summed E-state index contributed by atoms with van der Waals surface area (Å²) in [4.78, 5) is 7.62. The van der Waals surface area contributed by atoms with Crippen LogP contribution in [0.25, 0.3) is 0 Å². The average molecular weight is 530 g/mol. The van der Waals surface area contributed by atoms with Gasteiger partial charge in [0, 0.05) is 26.1 Å². The summed E-state index contributed by atoms with van der Waals surface area (Å²) in [7, 11) is 3.20. The number of guanidine groups is 1. The van der Waals surface area contributed by atoms with Gasteiger partial charge in [-0.3, -0.25) is 4.99 Å². The zero-order chi connectivity index (χ0) is 19.7. The van der Waals surface area contributed by atoms with Gasteiger partial charge in [0.1, 0.15) is 17.4 Å². The monoisotopic (exact) mass is 530 g/mol. The predicted octanol–water partition coefficient (Wildman–Crippen LogP) is 3.67. The maximum Gasteiger partial charge on any atom is 0.434 e. The average Bonchev–Trinajstić information content (AvgIpc) is 3.13. The standard InChI is InChI=1S/C17H21F3N4O2S.HI/c1-21-16(23-10-15-24-14(11-27-15)17(18,19)20)22-9-12-3-5-13(6-4-12)26-8-7-25-2;/h3-6,11H,7-10H2,1-2H3,(H2,21,22,23);1H. The SMILES string of the molecule is CN=C(NCc1ccc(OCCOC)cc1)NCc1nc(C(F)(F)F)cs1.I. The Bertz CT molecular complexity index is 739. The Morgan fingerprint density at radius 3 is 2.39 bits per heavy atom. The van der Waals surface area contributed by atoms with Crippen LogP contribution in [0.15, 0.2) is 34.6 Å². The summed E-state index contributed by atoms with van der Waals surface area (Å²) < 4.78 is 48.1. The lowest BCUT2D eigenvalue weighted by Crippen LogP contribution is -2.36. The van der Waals surface area contributed by atoms with Crippen LogP contribution in [-0.2, 0) is 24.0 Å². The van der Waals surface area contributed by atoms with Crippen molar-refractivity contribution in [2.45, 2.75) is 19.3 Å². The first-order chi connectivity index (χ1) is 12.9. The minimum Gasteiger partial charge on any atom is -0.491 e. The molecule has 1 heterocycles. The number of rotatable bonds is 8. The van der Waals surface area contributed by atoms with Crippen molar-refractivity contribution in [1.29, 1.82) is 0 Å². The van der Waals surface area contributed by atoms with Crippen LogP contribution in [0.5, 0.6) is 5.75 Å². The van der Waals surface area contributed by atoms with Gasteiger partial charge in [-0.1, -0.05) is 12.1 Å². The minimum absolute atomic E-state index is 0. The first-order valence-corrected chi connectivity index (χ1v) is 8.97. The van der Waals surface area contributed by atoms with Crippen LogP contribution in [0.1, 0.15) is 16.3 Å². The van der Waals surface area contributed by atoms with Crippen LogP contribution in [0, 0.1) is 0 Å². The normalized spacial score (nSPS) is 11.7. The van der Waals surface area contributed by atoms with Crippen LogP contribution in [0.3, 0.4) is 0 Å². The second-order valence-electron chi connectivity index (χ2n) is 5.39. The van der Waals surface area contributed by atoms with Gasteiger partial charge < -0.3 is 20.1 Å². The fourth-order valence-corrected chi connectivity index (χ4v) is 2.77. The van der Waals surface area contributed by atoms with Crippen molar-refractivity contribution in [1.82, 2.24) is 15.6 Å². The van der Waals surface area contributed by atoms with Gasteiger partial charge in [0.2, 0.25) is 0 Å². The van der Waals surface area contributed by atoms with E-state index in [1.165, 1.54) is 0 Å². The first-order valence-electron chi connectivity index (χ1n) is 8.09. The van der Waals surface area contributed by atoms with Gasteiger partial charge in [0.15, 0.2) is 11.7 Å². The first kappa shape index (κ1) is 24.4. The molecule has 0 radical (unpaired) electrons. The third-order valence-electron chi connectivity index (χ3n) is 3.41. The van der Waals surface area contributed by atoms with Crippen molar-refractivity contribution < 1.29 is 22.6 Å². The van der Waals surface area contributed by atoms with Crippen LogP contribution in [-0.4, -0.2) is 38.3 Å². The molecule has 0 bridgehead atoms. The maximum absolute atomic E-state index is 12.6. The summed E-state index contributed by atoms with van der Waals surface area (Å²) in [6.07, 6.45) is -4.42. The Labute approximate surface area is 182 Å². The summed E-state index contributed by atoms with van der Waals surface area (Å²) in [6.45, 7) is 1.67. The second kappa shape index (κ2) is 12.1. The van der Waals surface area contributed by atoms with Crippen LogP contribution in [0.4, 0.5) is 13.2 Å². The molecule has 156 valence electrons. The van der Waals surface area contributed by atoms with Crippen molar-refractivity contribution in [3.8, 4) is 5.75 Å². The Kier molecular flexibility index (Phi) is 10.5. The van der Waals surface area contributed by atoms with Gasteiger partial charge in [0.25, 0.3) is 0 Å². The van der Waals surface area contributed by atoms with E-state index in [0.717, 1.165) is 28.0 Å². The van der Waals surface area contributed by atoms with Crippen LogP contribution in [0.2, 0.25) is 0 Å². The molecule has 0 saturated carbocycles. The molecule has 2 aromatic rings. The van der Waals surface area contributed by atoms with E-state index in [9.17, 15) is 13.2 Å². The summed E-state index contributed by atoms with van der Waals surface area (Å²) in [6, 6.07) is 7.55. The third kappa shape index (κ3) is 8.19. The zero-order valence-electron chi connectivity index (χ0n) is 15.4. The van der Waals surface area contributed by atoms with E-state index in [1.54, 1.807) is 14.2 Å². The highest BCUT2D eigenvalue weighted by Gasteiger charge is 2.33. The molecule has 0 spiro atoms. The van der Waals surface area contributed by atoms with E-state index < -0.39 is 11.9 Å². The number of aromatic nitrogens is 1. The van der Waals surface area contributed by atoms with Crippen molar-refractivity contribution >= 4 is 41.3 Å². The number of benzene rings is 1. The fraction of sp³-hybridized carbons (Fsp3) is 0.412. The Balaban J connectivity index is 0.00000392. The Morgan fingerprint density at radius 1 is 1.14 bits per heavy atom. The molecule has 0 fully saturated rings. The number of hydrogen-bond acceptors (Lipinski definition) is 5. The van der Waals surface area contributed by atoms with Crippen molar-refractivity contribution in [3.05, 3.63) is 45.9 Å². The molecule has 0 atom stereocenters.